The minimum atomic E-state index is -2.04. The number of Topliss-reactive ketones (excluding diaryl/α,β-unsaturated/α-hetero) is 1. The van der Waals surface area contributed by atoms with Crippen molar-refractivity contribution in [3.63, 3.8) is 0 Å². The minimum absolute atomic E-state index is 0.0451. The van der Waals surface area contributed by atoms with Crippen LogP contribution >= 0.6 is 0 Å². The van der Waals surface area contributed by atoms with Crippen LogP contribution in [0, 0.1) is 5.92 Å². The molecule has 2 unspecified atom stereocenters. The average molecular weight is 329 g/mol. The number of ketones is 1. The Labute approximate surface area is 136 Å². The Kier molecular flexibility index (Phi) is 6.16. The van der Waals surface area contributed by atoms with Gasteiger partial charge in [-0.1, -0.05) is 6.92 Å². The molecular weight excluding hydrogens is 302 g/mol. The van der Waals surface area contributed by atoms with E-state index in [9.17, 15) is 19.5 Å². The van der Waals surface area contributed by atoms with Crippen molar-refractivity contribution in [3.05, 3.63) is 0 Å². The molecule has 132 valence electrons. The SMILES string of the molecule is CCC(O)(CC(=O)C1CCCN(C(=O)OC(C)(C)C)C1)C(=O)O. The molecule has 0 aromatic carbocycles. The topological polar surface area (TPSA) is 104 Å². The molecule has 1 aliphatic rings. The molecular formula is C16H27NO6. The summed E-state index contributed by atoms with van der Waals surface area (Å²) < 4.78 is 5.30. The van der Waals surface area contributed by atoms with Gasteiger partial charge in [0.2, 0.25) is 0 Å². The number of rotatable bonds is 5. The molecule has 1 saturated heterocycles. The Hall–Kier alpha value is -1.63. The number of nitrogens with zero attached hydrogens (tertiary/aromatic N) is 1. The molecule has 7 heteroatoms. The van der Waals surface area contributed by atoms with E-state index in [4.69, 9.17) is 9.84 Å². The molecule has 1 rings (SSSR count). The smallest absolute Gasteiger partial charge is 0.410 e. The number of carboxylic acids is 1. The van der Waals surface area contributed by atoms with E-state index in [-0.39, 0.29) is 18.7 Å². The highest BCUT2D eigenvalue weighted by Gasteiger charge is 2.39. The monoisotopic (exact) mass is 329 g/mol. The van der Waals surface area contributed by atoms with Crippen LogP contribution in [-0.4, -0.2) is 57.3 Å². The zero-order valence-corrected chi connectivity index (χ0v) is 14.3. The molecule has 7 nitrogen and oxygen atoms in total. The predicted molar refractivity (Wildman–Crippen MR) is 83.0 cm³/mol. The van der Waals surface area contributed by atoms with Gasteiger partial charge in [0.25, 0.3) is 0 Å². The van der Waals surface area contributed by atoms with Gasteiger partial charge in [-0.05, 0) is 40.0 Å². The summed E-state index contributed by atoms with van der Waals surface area (Å²) in [7, 11) is 0. The van der Waals surface area contributed by atoms with Crippen molar-refractivity contribution in [2.75, 3.05) is 13.1 Å². The predicted octanol–water partition coefficient (Wildman–Crippen LogP) is 1.82. The summed E-state index contributed by atoms with van der Waals surface area (Å²) in [6.45, 7) is 7.54. The van der Waals surface area contributed by atoms with Crippen LogP contribution in [0.25, 0.3) is 0 Å². The Balaban J connectivity index is 2.69. The second-order valence-electron chi connectivity index (χ2n) is 7.10. The number of ether oxygens (including phenoxy) is 1. The number of likely N-dealkylation sites (tertiary alicyclic amines) is 1. The van der Waals surface area contributed by atoms with Gasteiger partial charge in [-0.15, -0.1) is 0 Å². The van der Waals surface area contributed by atoms with E-state index in [1.54, 1.807) is 20.8 Å². The lowest BCUT2D eigenvalue weighted by Gasteiger charge is -2.34. The molecule has 0 aliphatic carbocycles. The zero-order chi connectivity index (χ0) is 17.8. The average Bonchev–Trinajstić information content (AvgIpc) is 2.45. The van der Waals surface area contributed by atoms with Gasteiger partial charge in [-0.2, -0.15) is 0 Å². The highest BCUT2D eigenvalue weighted by Crippen LogP contribution is 2.25. The third-order valence-corrected chi connectivity index (χ3v) is 3.98. The molecule has 23 heavy (non-hydrogen) atoms. The first-order valence-corrected chi connectivity index (χ1v) is 7.95. The maximum atomic E-state index is 12.3. The lowest BCUT2D eigenvalue weighted by molar-refractivity contribution is -0.162. The number of carbonyl (C=O) groups is 3. The van der Waals surface area contributed by atoms with Crippen LogP contribution in [0.2, 0.25) is 0 Å². The number of piperidine rings is 1. The molecule has 0 bridgehead atoms. The first-order chi connectivity index (χ1) is 10.5. The molecule has 1 amide bonds. The molecule has 0 aromatic rings. The van der Waals surface area contributed by atoms with Gasteiger partial charge in [0.05, 0.1) is 0 Å². The van der Waals surface area contributed by atoms with Crippen LogP contribution in [0.4, 0.5) is 4.79 Å². The number of carboxylic acid groups (broad SMARTS) is 1. The van der Waals surface area contributed by atoms with E-state index in [0.29, 0.717) is 19.4 Å². The van der Waals surface area contributed by atoms with E-state index in [1.807, 2.05) is 0 Å². The first kappa shape index (κ1) is 19.4. The summed E-state index contributed by atoms with van der Waals surface area (Å²) in [6, 6.07) is 0. The third-order valence-electron chi connectivity index (χ3n) is 3.98. The number of hydrogen-bond donors (Lipinski definition) is 2. The van der Waals surface area contributed by atoms with E-state index in [2.05, 4.69) is 0 Å². The molecule has 0 aromatic heterocycles. The lowest BCUT2D eigenvalue weighted by atomic mass is 9.85. The summed E-state index contributed by atoms with van der Waals surface area (Å²) in [5.74, 6) is -2.19. The number of aliphatic carboxylic acids is 1. The van der Waals surface area contributed by atoms with E-state index in [0.717, 1.165) is 0 Å². The van der Waals surface area contributed by atoms with E-state index >= 15 is 0 Å². The molecule has 0 radical (unpaired) electrons. The molecule has 0 spiro atoms. The molecule has 0 saturated carbocycles. The number of aliphatic hydroxyl groups is 1. The number of carbonyl (C=O) groups excluding carboxylic acids is 2. The van der Waals surface area contributed by atoms with E-state index < -0.39 is 35.6 Å². The molecule has 1 heterocycles. The third kappa shape index (κ3) is 5.49. The second kappa shape index (κ2) is 7.29. The van der Waals surface area contributed by atoms with Crippen molar-refractivity contribution in [2.24, 2.45) is 5.92 Å². The second-order valence-corrected chi connectivity index (χ2v) is 7.10. The minimum Gasteiger partial charge on any atom is -0.479 e. The van der Waals surface area contributed by atoms with Crippen molar-refractivity contribution in [2.45, 2.75) is 64.6 Å². The lowest BCUT2D eigenvalue weighted by Crippen LogP contribution is -2.47. The first-order valence-electron chi connectivity index (χ1n) is 7.95. The van der Waals surface area contributed by atoms with Gasteiger partial charge in [-0.25, -0.2) is 9.59 Å². The fourth-order valence-corrected chi connectivity index (χ4v) is 2.52. The van der Waals surface area contributed by atoms with Gasteiger partial charge >= 0.3 is 12.1 Å². The van der Waals surface area contributed by atoms with Gasteiger partial charge in [0, 0.05) is 25.4 Å². The fourth-order valence-electron chi connectivity index (χ4n) is 2.52. The van der Waals surface area contributed by atoms with Crippen molar-refractivity contribution < 1.29 is 29.3 Å². The van der Waals surface area contributed by atoms with Crippen LogP contribution in [0.3, 0.4) is 0 Å². The normalized spacial score (nSPS) is 21.4. The Morgan fingerprint density at radius 2 is 1.87 bits per heavy atom. The summed E-state index contributed by atoms with van der Waals surface area (Å²) >= 11 is 0. The van der Waals surface area contributed by atoms with Crippen molar-refractivity contribution in [3.8, 4) is 0 Å². The maximum Gasteiger partial charge on any atom is 0.410 e. The van der Waals surface area contributed by atoms with Crippen LogP contribution in [-0.2, 0) is 14.3 Å². The Morgan fingerprint density at radius 3 is 2.35 bits per heavy atom. The highest BCUT2D eigenvalue weighted by atomic mass is 16.6. The Bertz CT molecular complexity index is 470. The van der Waals surface area contributed by atoms with Gasteiger partial charge in [0.15, 0.2) is 5.60 Å². The van der Waals surface area contributed by atoms with Crippen molar-refractivity contribution in [1.29, 1.82) is 0 Å². The maximum absolute atomic E-state index is 12.3. The van der Waals surface area contributed by atoms with Crippen molar-refractivity contribution in [1.82, 2.24) is 4.90 Å². The quantitative estimate of drug-likeness (QED) is 0.797. The molecule has 2 N–H and O–H groups in total. The van der Waals surface area contributed by atoms with Crippen LogP contribution < -0.4 is 0 Å². The molecule has 2 atom stereocenters. The van der Waals surface area contributed by atoms with Gasteiger partial charge in [-0.3, -0.25) is 4.79 Å². The van der Waals surface area contributed by atoms with Gasteiger partial charge in [0.1, 0.15) is 11.4 Å². The molecule has 1 aliphatic heterocycles. The van der Waals surface area contributed by atoms with Gasteiger partial charge < -0.3 is 19.8 Å². The number of amides is 1. The summed E-state index contributed by atoms with van der Waals surface area (Å²) in [5, 5.41) is 19.1. The number of hydrogen-bond acceptors (Lipinski definition) is 5. The highest BCUT2D eigenvalue weighted by molar-refractivity contribution is 5.89. The molecule has 1 fully saturated rings. The van der Waals surface area contributed by atoms with Crippen LogP contribution in [0.1, 0.15) is 53.4 Å². The van der Waals surface area contributed by atoms with Crippen LogP contribution in [0.5, 0.6) is 0 Å². The summed E-state index contributed by atoms with van der Waals surface area (Å²) in [5.41, 5.74) is -2.65. The van der Waals surface area contributed by atoms with Crippen molar-refractivity contribution >= 4 is 17.8 Å². The summed E-state index contributed by atoms with van der Waals surface area (Å²) in [4.78, 5) is 37.0. The standard InChI is InChI=1S/C16H27NO6/c1-5-16(22,13(19)20)9-12(18)11-7-6-8-17(10-11)14(21)23-15(2,3)4/h11,22H,5-10H2,1-4H3,(H,19,20). The van der Waals surface area contributed by atoms with E-state index in [1.165, 1.54) is 11.8 Å². The zero-order valence-electron chi connectivity index (χ0n) is 14.3. The summed E-state index contributed by atoms with van der Waals surface area (Å²) in [6.07, 6.45) is 0.270. The Morgan fingerprint density at radius 1 is 1.26 bits per heavy atom. The largest absolute Gasteiger partial charge is 0.479 e. The fraction of sp³-hybridized carbons (Fsp3) is 0.812. The van der Waals surface area contributed by atoms with Crippen LogP contribution in [0.15, 0.2) is 0 Å².